The zero-order valence-corrected chi connectivity index (χ0v) is 18.9. The van der Waals surface area contributed by atoms with Gasteiger partial charge in [0, 0.05) is 10.5 Å². The third-order valence-electron chi connectivity index (χ3n) is 5.89. The smallest absolute Gasteiger partial charge is 0.0125 e. The van der Waals surface area contributed by atoms with Crippen molar-refractivity contribution in [3.63, 3.8) is 0 Å². The van der Waals surface area contributed by atoms with Crippen LogP contribution in [0.3, 0.4) is 0 Å². The van der Waals surface area contributed by atoms with E-state index in [1.807, 2.05) is 0 Å². The highest BCUT2D eigenvalue weighted by Crippen LogP contribution is 2.46. The summed E-state index contributed by atoms with van der Waals surface area (Å²) in [5.41, 5.74) is 10.8. The van der Waals surface area contributed by atoms with E-state index in [0.29, 0.717) is 0 Å². The highest BCUT2D eigenvalue weighted by atomic mass is 32.1. The second kappa shape index (κ2) is 8.90. The number of rotatable bonds is 4. The summed E-state index contributed by atoms with van der Waals surface area (Å²) in [4.78, 5) is 0.975. The zero-order chi connectivity index (χ0) is 21.9. The summed E-state index contributed by atoms with van der Waals surface area (Å²) in [5, 5.41) is 0. The van der Waals surface area contributed by atoms with E-state index < -0.39 is 0 Å². The first-order valence-electron chi connectivity index (χ1n) is 10.9. The van der Waals surface area contributed by atoms with Gasteiger partial charge in [0.25, 0.3) is 0 Å². The van der Waals surface area contributed by atoms with Gasteiger partial charge in [-0.25, -0.2) is 0 Å². The van der Waals surface area contributed by atoms with Crippen LogP contribution in [0.2, 0.25) is 0 Å². The number of aryl methyl sites for hydroxylation is 1. The van der Waals surface area contributed by atoms with Gasteiger partial charge in [-0.15, -0.1) is 12.6 Å². The molecule has 0 aliphatic carbocycles. The Labute approximate surface area is 195 Å². The number of hydrogen-bond acceptors (Lipinski definition) is 1. The van der Waals surface area contributed by atoms with Crippen LogP contribution in [-0.4, -0.2) is 0 Å². The fraction of sp³-hybridized carbons (Fsp3) is 0.0323. The molecule has 1 heteroatoms. The van der Waals surface area contributed by atoms with Crippen molar-refractivity contribution >= 4 is 12.6 Å². The van der Waals surface area contributed by atoms with Crippen molar-refractivity contribution in [1.29, 1.82) is 0 Å². The van der Waals surface area contributed by atoms with Crippen molar-refractivity contribution in [2.45, 2.75) is 11.8 Å². The van der Waals surface area contributed by atoms with Crippen LogP contribution in [0.4, 0.5) is 0 Å². The molecule has 0 N–H and O–H groups in total. The maximum atomic E-state index is 4.96. The molecule has 0 aliphatic heterocycles. The summed E-state index contributed by atoms with van der Waals surface area (Å²) in [6.07, 6.45) is 0. The molecule has 0 aromatic heterocycles. The summed E-state index contributed by atoms with van der Waals surface area (Å²) in [6, 6.07) is 43.0. The molecule has 0 atom stereocenters. The highest BCUT2D eigenvalue weighted by molar-refractivity contribution is 7.80. The van der Waals surface area contributed by atoms with Gasteiger partial charge in [-0.2, -0.15) is 0 Å². The van der Waals surface area contributed by atoms with Gasteiger partial charge in [-0.05, 0) is 51.9 Å². The maximum Gasteiger partial charge on any atom is 0.0125 e. The first-order chi connectivity index (χ1) is 15.7. The van der Waals surface area contributed by atoms with Crippen LogP contribution >= 0.6 is 12.6 Å². The normalized spacial score (nSPS) is 10.8. The van der Waals surface area contributed by atoms with Crippen molar-refractivity contribution in [1.82, 2.24) is 0 Å². The lowest BCUT2D eigenvalue weighted by Gasteiger charge is -2.21. The summed E-state index contributed by atoms with van der Waals surface area (Å²) in [5.74, 6) is 0. The predicted molar refractivity (Wildman–Crippen MR) is 140 cm³/mol. The van der Waals surface area contributed by atoms with Crippen LogP contribution in [-0.2, 0) is 0 Å². The Balaban J connectivity index is 1.87. The molecule has 0 saturated heterocycles. The van der Waals surface area contributed by atoms with E-state index in [-0.39, 0.29) is 0 Å². The first kappa shape index (κ1) is 20.4. The molecule has 0 spiro atoms. The molecule has 0 radical (unpaired) electrons. The molecule has 154 valence electrons. The van der Waals surface area contributed by atoms with Gasteiger partial charge in [0.15, 0.2) is 0 Å². The molecule has 0 amide bonds. The fourth-order valence-electron chi connectivity index (χ4n) is 4.31. The van der Waals surface area contributed by atoms with E-state index in [1.54, 1.807) is 0 Å². The molecule has 0 heterocycles. The van der Waals surface area contributed by atoms with Crippen molar-refractivity contribution in [3.05, 3.63) is 127 Å². The quantitative estimate of drug-likeness (QED) is 0.271. The fourth-order valence-corrected chi connectivity index (χ4v) is 4.63. The molecular weight excluding hydrogens is 404 g/mol. The van der Waals surface area contributed by atoms with Gasteiger partial charge in [0.2, 0.25) is 0 Å². The number of benzene rings is 5. The third kappa shape index (κ3) is 3.88. The molecule has 0 saturated carbocycles. The molecule has 5 rings (SSSR count). The Kier molecular flexibility index (Phi) is 5.66. The van der Waals surface area contributed by atoms with Crippen LogP contribution in [0.25, 0.3) is 44.5 Å². The highest BCUT2D eigenvalue weighted by Gasteiger charge is 2.19. The van der Waals surface area contributed by atoms with E-state index in [9.17, 15) is 0 Å². The number of thiol groups is 1. The first-order valence-corrected chi connectivity index (χ1v) is 11.3. The lowest BCUT2D eigenvalue weighted by Crippen LogP contribution is -1.94. The summed E-state index contributed by atoms with van der Waals surface area (Å²) in [6.45, 7) is 2.13. The van der Waals surface area contributed by atoms with E-state index in [0.717, 1.165) is 10.5 Å². The van der Waals surface area contributed by atoms with Crippen LogP contribution in [0, 0.1) is 6.92 Å². The lowest BCUT2D eigenvalue weighted by atomic mass is 9.84. The summed E-state index contributed by atoms with van der Waals surface area (Å²) < 4.78 is 0. The molecule has 5 aromatic rings. The Bertz CT molecular complexity index is 1350. The van der Waals surface area contributed by atoms with Crippen molar-refractivity contribution in [2.75, 3.05) is 0 Å². The average molecular weight is 429 g/mol. The third-order valence-corrected chi connectivity index (χ3v) is 6.26. The van der Waals surface area contributed by atoms with E-state index in [2.05, 4.69) is 128 Å². The average Bonchev–Trinajstić information content (AvgIpc) is 2.85. The molecular formula is C31H24S. The standard InChI is InChI=1S/C31H24S/c1-22-18-20-25(21-19-22)27-15-8-14-26(23-10-4-2-5-11-23)30(27)31-28(16-9-17-29(31)32)24-12-6-3-7-13-24/h2-21,32H,1H3. The Morgan fingerprint density at radius 2 is 0.844 bits per heavy atom. The monoisotopic (exact) mass is 428 g/mol. The van der Waals surface area contributed by atoms with Gasteiger partial charge in [0.05, 0.1) is 0 Å². The van der Waals surface area contributed by atoms with Gasteiger partial charge in [0.1, 0.15) is 0 Å². The second-order valence-corrected chi connectivity index (χ2v) is 8.51. The van der Waals surface area contributed by atoms with E-state index in [4.69, 9.17) is 12.6 Å². The van der Waals surface area contributed by atoms with Gasteiger partial charge >= 0.3 is 0 Å². The minimum Gasteiger partial charge on any atom is -0.143 e. The molecule has 32 heavy (non-hydrogen) atoms. The molecule has 0 unspecified atom stereocenters. The lowest BCUT2D eigenvalue weighted by molar-refractivity contribution is 1.43. The van der Waals surface area contributed by atoms with Crippen LogP contribution in [0.5, 0.6) is 0 Å². The minimum atomic E-state index is 0.975. The van der Waals surface area contributed by atoms with Crippen molar-refractivity contribution in [3.8, 4) is 44.5 Å². The topological polar surface area (TPSA) is 0 Å². The Morgan fingerprint density at radius 1 is 0.406 bits per heavy atom. The van der Waals surface area contributed by atoms with Crippen molar-refractivity contribution in [2.24, 2.45) is 0 Å². The van der Waals surface area contributed by atoms with Gasteiger partial charge < -0.3 is 0 Å². The van der Waals surface area contributed by atoms with Gasteiger partial charge in [-0.1, -0.05) is 121 Å². The van der Waals surface area contributed by atoms with Crippen LogP contribution in [0.15, 0.2) is 126 Å². The molecule has 0 bridgehead atoms. The van der Waals surface area contributed by atoms with E-state index >= 15 is 0 Å². The van der Waals surface area contributed by atoms with Gasteiger partial charge in [-0.3, -0.25) is 0 Å². The molecule has 0 aliphatic rings. The Hall–Kier alpha value is -3.55. The molecule has 0 fully saturated rings. The maximum absolute atomic E-state index is 4.96. The summed E-state index contributed by atoms with van der Waals surface area (Å²) >= 11 is 4.96. The molecule has 5 aromatic carbocycles. The Morgan fingerprint density at radius 3 is 1.38 bits per heavy atom. The SMILES string of the molecule is Cc1ccc(-c2cccc(-c3ccccc3)c2-c2c(S)cccc2-c2ccccc2)cc1. The van der Waals surface area contributed by atoms with E-state index in [1.165, 1.54) is 44.5 Å². The predicted octanol–water partition coefficient (Wildman–Crippen LogP) is 8.95. The van der Waals surface area contributed by atoms with Crippen LogP contribution < -0.4 is 0 Å². The number of hydrogen-bond donors (Lipinski definition) is 1. The van der Waals surface area contributed by atoms with Crippen LogP contribution in [0.1, 0.15) is 5.56 Å². The van der Waals surface area contributed by atoms with Crippen molar-refractivity contribution < 1.29 is 0 Å². The largest absolute Gasteiger partial charge is 0.143 e. The molecule has 0 nitrogen and oxygen atoms in total. The summed E-state index contributed by atoms with van der Waals surface area (Å²) in [7, 11) is 0. The second-order valence-electron chi connectivity index (χ2n) is 8.03. The minimum absolute atomic E-state index is 0.975. The zero-order valence-electron chi connectivity index (χ0n) is 18.0.